The van der Waals surface area contributed by atoms with Crippen LogP contribution in [0.3, 0.4) is 0 Å². The minimum atomic E-state index is -0.722. The van der Waals surface area contributed by atoms with Crippen molar-refractivity contribution in [3.8, 4) is 11.3 Å². The van der Waals surface area contributed by atoms with Gasteiger partial charge in [-0.3, -0.25) is 0 Å². The van der Waals surface area contributed by atoms with E-state index < -0.39 is 6.10 Å². The van der Waals surface area contributed by atoms with Crippen molar-refractivity contribution in [3.63, 3.8) is 0 Å². The zero-order chi connectivity index (χ0) is 16.5. The van der Waals surface area contributed by atoms with Crippen molar-refractivity contribution in [2.24, 2.45) is 0 Å². The summed E-state index contributed by atoms with van der Waals surface area (Å²) in [6.07, 6.45) is 1.20. The molecule has 0 bridgehead atoms. The molecule has 4 rings (SSSR count). The van der Waals surface area contributed by atoms with Crippen molar-refractivity contribution in [2.45, 2.75) is 13.0 Å². The Labute approximate surface area is 140 Å². The van der Waals surface area contributed by atoms with Crippen molar-refractivity contribution in [2.75, 3.05) is 0 Å². The van der Waals surface area contributed by atoms with Gasteiger partial charge >= 0.3 is 0 Å². The Kier molecular flexibility index (Phi) is 3.63. The monoisotopic (exact) mass is 314 g/mol. The molecule has 2 aromatic carbocycles. The topological polar surface area (TPSA) is 37.5 Å². The molecule has 118 valence electrons. The van der Waals surface area contributed by atoms with Crippen LogP contribution in [0.25, 0.3) is 16.8 Å². The van der Waals surface area contributed by atoms with Crippen molar-refractivity contribution in [1.29, 1.82) is 0 Å². The molecule has 4 aromatic rings. The van der Waals surface area contributed by atoms with Crippen LogP contribution in [-0.4, -0.2) is 14.7 Å². The van der Waals surface area contributed by atoms with Crippen LogP contribution in [-0.2, 0) is 0 Å². The molecule has 3 heteroatoms. The summed E-state index contributed by atoms with van der Waals surface area (Å²) in [5, 5.41) is 15.8. The molecule has 1 atom stereocenters. The molecule has 0 amide bonds. The second-order valence-corrected chi connectivity index (χ2v) is 5.93. The molecule has 0 radical (unpaired) electrons. The third kappa shape index (κ3) is 2.39. The molecule has 0 fully saturated rings. The van der Waals surface area contributed by atoms with Crippen LogP contribution in [0.4, 0.5) is 0 Å². The average molecular weight is 314 g/mol. The van der Waals surface area contributed by atoms with E-state index in [0.29, 0.717) is 0 Å². The van der Waals surface area contributed by atoms with Crippen LogP contribution in [0.2, 0.25) is 0 Å². The number of fused-ring (bicyclic) bond motifs is 1. The Bertz CT molecular complexity index is 975. The highest BCUT2D eigenvalue weighted by Gasteiger charge is 2.23. The van der Waals surface area contributed by atoms with E-state index in [2.05, 4.69) is 0 Å². The Morgan fingerprint density at radius 1 is 0.875 bits per heavy atom. The van der Waals surface area contributed by atoms with Crippen LogP contribution in [0.15, 0.2) is 79.0 Å². The fraction of sp³-hybridized carbons (Fsp3) is 0.0952. The van der Waals surface area contributed by atoms with Crippen LogP contribution in [0, 0.1) is 6.92 Å². The standard InChI is InChI=1S/C21H18N2O/c1-15-9-8-14-23-20(15)18(21(24)17-12-6-3-7-13-17)19(22-23)16-10-4-2-5-11-16/h2-14,21,24H,1H3. The average Bonchev–Trinajstić information content (AvgIpc) is 3.03. The first-order valence-corrected chi connectivity index (χ1v) is 8.02. The number of rotatable bonds is 3. The first kappa shape index (κ1) is 14.7. The van der Waals surface area contributed by atoms with Gasteiger partial charge in [-0.2, -0.15) is 5.10 Å². The largest absolute Gasteiger partial charge is 0.383 e. The summed E-state index contributed by atoms with van der Waals surface area (Å²) >= 11 is 0. The molecule has 2 aromatic heterocycles. The van der Waals surface area contributed by atoms with Crippen molar-refractivity contribution >= 4 is 5.52 Å². The van der Waals surface area contributed by atoms with Crippen LogP contribution < -0.4 is 0 Å². The van der Waals surface area contributed by atoms with Crippen molar-refractivity contribution < 1.29 is 5.11 Å². The van der Waals surface area contributed by atoms with E-state index in [0.717, 1.165) is 33.5 Å². The molecule has 0 spiro atoms. The van der Waals surface area contributed by atoms with E-state index in [4.69, 9.17) is 5.10 Å². The SMILES string of the molecule is Cc1cccn2nc(-c3ccccc3)c(C(O)c3ccccc3)c12. The third-order valence-electron chi connectivity index (χ3n) is 4.33. The molecule has 0 aliphatic rings. The molecule has 0 aliphatic carbocycles. The smallest absolute Gasteiger partial charge is 0.108 e. The van der Waals surface area contributed by atoms with Crippen molar-refractivity contribution in [1.82, 2.24) is 9.61 Å². The number of hydrogen-bond donors (Lipinski definition) is 1. The summed E-state index contributed by atoms with van der Waals surface area (Å²) < 4.78 is 1.86. The van der Waals surface area contributed by atoms with Gasteiger partial charge in [0.05, 0.1) is 11.2 Å². The molecule has 0 aliphatic heterocycles. The molecule has 1 unspecified atom stereocenters. The minimum absolute atomic E-state index is 0.722. The number of benzene rings is 2. The lowest BCUT2D eigenvalue weighted by atomic mass is 9.96. The summed E-state index contributed by atoms with van der Waals surface area (Å²) in [5.41, 5.74) is 5.61. The van der Waals surface area contributed by atoms with Gasteiger partial charge in [-0.1, -0.05) is 66.7 Å². The summed E-state index contributed by atoms with van der Waals surface area (Å²) in [5.74, 6) is 0. The van der Waals surface area contributed by atoms with Crippen LogP contribution in [0.5, 0.6) is 0 Å². The minimum Gasteiger partial charge on any atom is -0.383 e. The van der Waals surface area contributed by atoms with E-state index in [1.807, 2.05) is 90.4 Å². The molecule has 3 nitrogen and oxygen atoms in total. The fourth-order valence-electron chi connectivity index (χ4n) is 3.17. The second-order valence-electron chi connectivity index (χ2n) is 5.93. The number of aliphatic hydroxyl groups excluding tert-OH is 1. The summed E-state index contributed by atoms with van der Waals surface area (Å²) in [4.78, 5) is 0. The highest BCUT2D eigenvalue weighted by molar-refractivity contribution is 5.76. The number of pyridine rings is 1. The highest BCUT2D eigenvalue weighted by Crippen LogP contribution is 2.35. The molecule has 2 heterocycles. The zero-order valence-electron chi connectivity index (χ0n) is 13.4. The normalized spacial score (nSPS) is 12.4. The van der Waals surface area contributed by atoms with Gasteiger partial charge in [0.1, 0.15) is 6.10 Å². The molecule has 0 saturated carbocycles. The van der Waals surface area contributed by atoms with Crippen molar-refractivity contribution in [3.05, 3.63) is 95.7 Å². The Balaban J connectivity index is 2.01. The van der Waals surface area contributed by atoms with Gasteiger partial charge in [-0.15, -0.1) is 0 Å². The predicted octanol–water partition coefficient (Wildman–Crippen LogP) is 4.39. The molecule has 24 heavy (non-hydrogen) atoms. The van der Waals surface area contributed by atoms with E-state index in [9.17, 15) is 5.11 Å². The quantitative estimate of drug-likeness (QED) is 0.609. The Hall–Kier alpha value is -2.91. The number of hydrogen-bond acceptors (Lipinski definition) is 2. The van der Waals surface area contributed by atoms with Gasteiger partial charge in [0.25, 0.3) is 0 Å². The fourth-order valence-corrected chi connectivity index (χ4v) is 3.17. The van der Waals surface area contributed by atoms with Gasteiger partial charge in [-0.05, 0) is 24.1 Å². The summed E-state index contributed by atoms with van der Waals surface area (Å²) in [6.45, 7) is 2.05. The summed E-state index contributed by atoms with van der Waals surface area (Å²) in [7, 11) is 0. The van der Waals surface area contributed by atoms with E-state index >= 15 is 0 Å². The lowest BCUT2D eigenvalue weighted by Crippen LogP contribution is -2.01. The van der Waals surface area contributed by atoms with E-state index in [-0.39, 0.29) is 0 Å². The maximum atomic E-state index is 11.1. The van der Waals surface area contributed by atoms with E-state index in [1.165, 1.54) is 0 Å². The van der Waals surface area contributed by atoms with Gasteiger partial charge in [0, 0.05) is 17.3 Å². The van der Waals surface area contributed by atoms with Crippen LogP contribution in [0.1, 0.15) is 22.8 Å². The molecule has 0 saturated heterocycles. The third-order valence-corrected chi connectivity index (χ3v) is 4.33. The van der Waals surface area contributed by atoms with Gasteiger partial charge in [0.15, 0.2) is 0 Å². The number of aromatic nitrogens is 2. The molecule has 1 N–H and O–H groups in total. The number of aliphatic hydroxyl groups is 1. The van der Waals surface area contributed by atoms with E-state index in [1.54, 1.807) is 0 Å². The molecular formula is C21H18N2O. The second kappa shape index (κ2) is 5.95. The molecular weight excluding hydrogens is 296 g/mol. The van der Waals surface area contributed by atoms with Crippen LogP contribution >= 0.6 is 0 Å². The van der Waals surface area contributed by atoms with Gasteiger partial charge < -0.3 is 5.11 Å². The summed E-state index contributed by atoms with van der Waals surface area (Å²) in [6, 6.07) is 23.8. The highest BCUT2D eigenvalue weighted by atomic mass is 16.3. The Morgan fingerprint density at radius 3 is 2.25 bits per heavy atom. The zero-order valence-corrected chi connectivity index (χ0v) is 13.4. The lowest BCUT2D eigenvalue weighted by Gasteiger charge is -2.13. The first-order valence-electron chi connectivity index (χ1n) is 8.02. The maximum absolute atomic E-state index is 11.1. The van der Waals surface area contributed by atoms with Gasteiger partial charge in [0.2, 0.25) is 0 Å². The number of aryl methyl sites for hydroxylation is 1. The lowest BCUT2D eigenvalue weighted by molar-refractivity contribution is 0.222. The van der Waals surface area contributed by atoms with Gasteiger partial charge in [-0.25, -0.2) is 4.52 Å². The maximum Gasteiger partial charge on any atom is 0.108 e. The first-order chi connectivity index (χ1) is 11.8. The Morgan fingerprint density at radius 2 is 1.54 bits per heavy atom. The number of nitrogens with zero attached hydrogens (tertiary/aromatic N) is 2. The predicted molar refractivity (Wildman–Crippen MR) is 95.9 cm³/mol.